The van der Waals surface area contributed by atoms with E-state index in [4.69, 9.17) is 9.47 Å². The van der Waals surface area contributed by atoms with E-state index < -0.39 is 0 Å². The second-order valence-corrected chi connectivity index (χ2v) is 5.22. The van der Waals surface area contributed by atoms with E-state index in [0.717, 1.165) is 19.5 Å². The van der Waals surface area contributed by atoms with E-state index in [1.165, 1.54) is 6.42 Å². The number of piperidine rings is 1. The highest BCUT2D eigenvalue weighted by molar-refractivity contribution is 5.89. The molecule has 1 aromatic rings. The molecule has 0 saturated carbocycles. The van der Waals surface area contributed by atoms with Gasteiger partial charge in [0.05, 0.1) is 14.2 Å². The van der Waals surface area contributed by atoms with Gasteiger partial charge in [-0.1, -0.05) is 6.92 Å². The first kappa shape index (κ1) is 14.5. The van der Waals surface area contributed by atoms with Crippen LogP contribution in [0.15, 0.2) is 18.2 Å². The van der Waals surface area contributed by atoms with Crippen molar-refractivity contribution in [1.29, 1.82) is 0 Å². The second kappa shape index (κ2) is 6.50. The molecule has 0 radical (unpaired) electrons. The number of anilines is 1. The number of benzene rings is 1. The van der Waals surface area contributed by atoms with Gasteiger partial charge in [0.2, 0.25) is 0 Å². The molecule has 1 aliphatic heterocycles. The van der Waals surface area contributed by atoms with Gasteiger partial charge in [-0.05, 0) is 18.8 Å². The largest absolute Gasteiger partial charge is 0.497 e. The van der Waals surface area contributed by atoms with Crippen molar-refractivity contribution in [3.63, 3.8) is 0 Å². The molecular formula is C15H22N2O3. The molecule has 1 saturated heterocycles. The highest BCUT2D eigenvalue weighted by Gasteiger charge is 2.21. The van der Waals surface area contributed by atoms with Crippen molar-refractivity contribution in [2.75, 3.05) is 32.6 Å². The number of nitrogens with one attached hydrogen (secondary N) is 1. The summed E-state index contributed by atoms with van der Waals surface area (Å²) in [7, 11) is 3.18. The molecule has 2 amide bonds. The van der Waals surface area contributed by atoms with Gasteiger partial charge in [-0.3, -0.25) is 0 Å². The Labute approximate surface area is 119 Å². The summed E-state index contributed by atoms with van der Waals surface area (Å²) in [4.78, 5) is 14.1. The van der Waals surface area contributed by atoms with Crippen LogP contribution in [0.25, 0.3) is 0 Å². The van der Waals surface area contributed by atoms with Crippen molar-refractivity contribution in [2.24, 2.45) is 5.92 Å². The number of carbonyl (C=O) groups is 1. The predicted molar refractivity (Wildman–Crippen MR) is 78.5 cm³/mol. The van der Waals surface area contributed by atoms with Gasteiger partial charge in [0, 0.05) is 37.0 Å². The Balaban J connectivity index is 2.06. The van der Waals surface area contributed by atoms with E-state index in [0.29, 0.717) is 23.1 Å². The topological polar surface area (TPSA) is 50.8 Å². The summed E-state index contributed by atoms with van der Waals surface area (Å²) in [6.45, 7) is 3.80. The maximum atomic E-state index is 12.2. The highest BCUT2D eigenvalue weighted by atomic mass is 16.5. The average molecular weight is 278 g/mol. The number of methoxy groups -OCH3 is 2. The number of nitrogens with zero attached hydrogens (tertiary/aromatic N) is 1. The molecule has 5 heteroatoms. The minimum Gasteiger partial charge on any atom is -0.497 e. The summed E-state index contributed by atoms with van der Waals surface area (Å²) in [5.74, 6) is 1.88. The van der Waals surface area contributed by atoms with Gasteiger partial charge in [-0.15, -0.1) is 0 Å². The number of hydrogen-bond acceptors (Lipinski definition) is 3. The number of rotatable bonds is 3. The third kappa shape index (κ3) is 3.56. The summed E-state index contributed by atoms with van der Waals surface area (Å²) >= 11 is 0. The molecule has 1 aromatic carbocycles. The van der Waals surface area contributed by atoms with E-state index in [1.54, 1.807) is 32.4 Å². The first-order chi connectivity index (χ1) is 9.62. The first-order valence-corrected chi connectivity index (χ1v) is 6.91. The van der Waals surface area contributed by atoms with Crippen molar-refractivity contribution < 1.29 is 14.3 Å². The zero-order valence-electron chi connectivity index (χ0n) is 12.3. The molecular weight excluding hydrogens is 256 g/mol. The van der Waals surface area contributed by atoms with Crippen LogP contribution in [0.4, 0.5) is 10.5 Å². The van der Waals surface area contributed by atoms with Gasteiger partial charge in [-0.2, -0.15) is 0 Å². The minimum absolute atomic E-state index is 0.0631. The average Bonchev–Trinajstić information content (AvgIpc) is 2.46. The summed E-state index contributed by atoms with van der Waals surface area (Å²) in [5.41, 5.74) is 0.685. The van der Waals surface area contributed by atoms with E-state index in [1.807, 2.05) is 4.90 Å². The Bertz CT molecular complexity index is 454. The zero-order valence-corrected chi connectivity index (χ0v) is 12.3. The number of amides is 2. The monoisotopic (exact) mass is 278 g/mol. The Morgan fingerprint density at radius 1 is 1.25 bits per heavy atom. The number of urea groups is 1. The Kier molecular flexibility index (Phi) is 4.71. The van der Waals surface area contributed by atoms with E-state index in [2.05, 4.69) is 12.2 Å². The standard InChI is InChI=1S/C15H22N2O3/c1-11-5-4-6-17(10-11)15(18)16-12-7-13(19-2)9-14(8-12)20-3/h7-9,11H,4-6,10H2,1-3H3,(H,16,18). The lowest BCUT2D eigenvalue weighted by molar-refractivity contribution is 0.182. The van der Waals surface area contributed by atoms with Crippen LogP contribution in [0.5, 0.6) is 11.5 Å². The SMILES string of the molecule is COc1cc(NC(=O)N2CCCC(C)C2)cc(OC)c1. The van der Waals surface area contributed by atoms with Gasteiger partial charge in [0.1, 0.15) is 11.5 Å². The fraction of sp³-hybridized carbons (Fsp3) is 0.533. The van der Waals surface area contributed by atoms with Crippen LogP contribution in [-0.2, 0) is 0 Å². The third-order valence-corrected chi connectivity index (χ3v) is 3.55. The smallest absolute Gasteiger partial charge is 0.321 e. The molecule has 1 fully saturated rings. The number of carbonyl (C=O) groups excluding carboxylic acids is 1. The number of likely N-dealkylation sites (tertiary alicyclic amines) is 1. The van der Waals surface area contributed by atoms with Crippen molar-refractivity contribution in [1.82, 2.24) is 4.90 Å². The lowest BCUT2D eigenvalue weighted by Gasteiger charge is -2.31. The van der Waals surface area contributed by atoms with Crippen LogP contribution in [-0.4, -0.2) is 38.2 Å². The maximum Gasteiger partial charge on any atom is 0.321 e. The zero-order chi connectivity index (χ0) is 14.5. The van der Waals surface area contributed by atoms with Crippen LogP contribution in [0.3, 0.4) is 0 Å². The number of ether oxygens (including phenoxy) is 2. The minimum atomic E-state index is -0.0631. The molecule has 0 aromatic heterocycles. The van der Waals surface area contributed by atoms with Gasteiger partial charge in [-0.25, -0.2) is 4.79 Å². The molecule has 20 heavy (non-hydrogen) atoms. The van der Waals surface area contributed by atoms with Crippen LogP contribution < -0.4 is 14.8 Å². The summed E-state index contributed by atoms with van der Waals surface area (Å²) in [6, 6.07) is 5.28. The van der Waals surface area contributed by atoms with E-state index in [9.17, 15) is 4.79 Å². The van der Waals surface area contributed by atoms with E-state index in [-0.39, 0.29) is 6.03 Å². The van der Waals surface area contributed by atoms with Crippen molar-refractivity contribution in [3.8, 4) is 11.5 Å². The van der Waals surface area contributed by atoms with Gasteiger partial charge >= 0.3 is 6.03 Å². The molecule has 1 aliphatic rings. The molecule has 1 unspecified atom stereocenters. The molecule has 0 spiro atoms. The van der Waals surface area contributed by atoms with E-state index >= 15 is 0 Å². The molecule has 110 valence electrons. The molecule has 0 aliphatic carbocycles. The lowest BCUT2D eigenvalue weighted by atomic mass is 10.0. The predicted octanol–water partition coefficient (Wildman–Crippen LogP) is 2.97. The summed E-state index contributed by atoms with van der Waals surface area (Å²) < 4.78 is 10.4. The maximum absolute atomic E-state index is 12.2. The quantitative estimate of drug-likeness (QED) is 0.924. The number of hydrogen-bond donors (Lipinski definition) is 1. The summed E-state index contributed by atoms with van der Waals surface area (Å²) in [5, 5.41) is 2.91. The van der Waals surface area contributed by atoms with Crippen LogP contribution in [0, 0.1) is 5.92 Å². The van der Waals surface area contributed by atoms with Gasteiger partial charge in [0.15, 0.2) is 0 Å². The second-order valence-electron chi connectivity index (χ2n) is 5.22. The molecule has 1 atom stereocenters. The fourth-order valence-corrected chi connectivity index (χ4v) is 2.46. The molecule has 0 bridgehead atoms. The van der Waals surface area contributed by atoms with Gasteiger partial charge < -0.3 is 19.7 Å². The normalized spacial score (nSPS) is 18.6. The van der Waals surface area contributed by atoms with Crippen molar-refractivity contribution in [2.45, 2.75) is 19.8 Å². The Morgan fingerprint density at radius 2 is 1.90 bits per heavy atom. The van der Waals surface area contributed by atoms with Crippen LogP contribution in [0.1, 0.15) is 19.8 Å². The first-order valence-electron chi connectivity index (χ1n) is 6.91. The third-order valence-electron chi connectivity index (χ3n) is 3.55. The lowest BCUT2D eigenvalue weighted by Crippen LogP contribution is -2.41. The van der Waals surface area contributed by atoms with Crippen molar-refractivity contribution in [3.05, 3.63) is 18.2 Å². The fourth-order valence-electron chi connectivity index (χ4n) is 2.46. The molecule has 2 rings (SSSR count). The molecule has 5 nitrogen and oxygen atoms in total. The van der Waals surface area contributed by atoms with Crippen LogP contribution >= 0.6 is 0 Å². The van der Waals surface area contributed by atoms with Gasteiger partial charge in [0.25, 0.3) is 0 Å². The molecule has 1 N–H and O–H groups in total. The van der Waals surface area contributed by atoms with Crippen molar-refractivity contribution >= 4 is 11.7 Å². The highest BCUT2D eigenvalue weighted by Crippen LogP contribution is 2.26. The summed E-state index contributed by atoms with van der Waals surface area (Å²) in [6.07, 6.45) is 2.26. The van der Waals surface area contributed by atoms with Crippen LogP contribution in [0.2, 0.25) is 0 Å². The Hall–Kier alpha value is -1.91. The molecule has 1 heterocycles. The Morgan fingerprint density at radius 3 is 2.45 bits per heavy atom.